The van der Waals surface area contributed by atoms with Gasteiger partial charge in [0.2, 0.25) is 0 Å². The average molecular weight is 996 g/mol. The van der Waals surface area contributed by atoms with E-state index in [9.17, 15) is 14.4 Å². The molecule has 0 aliphatic carbocycles. The lowest BCUT2D eigenvalue weighted by Crippen LogP contribution is -2.30. The largest absolute Gasteiger partial charge is 0.462 e. The summed E-state index contributed by atoms with van der Waals surface area (Å²) in [6, 6.07) is 0. The summed E-state index contributed by atoms with van der Waals surface area (Å²) < 4.78 is 16.9. The summed E-state index contributed by atoms with van der Waals surface area (Å²) in [7, 11) is 0. The standard InChI is InChI=1S/C65H118O6/c1-4-7-10-13-16-19-22-25-27-29-31-32-33-34-35-37-38-40-43-46-49-52-55-58-64(67)70-61-62(60-69-63(66)57-54-51-48-45-42-24-21-18-15-12-9-6-3)71-65(68)59-56-53-50-47-44-41-39-36-30-28-26-23-20-17-14-11-8-5-2/h20,22-23,25,28-31,62H,4-19,21,24,26-27,32-61H2,1-3H3/b23-20-,25-22-,30-28-,31-29-. The zero-order valence-electron chi connectivity index (χ0n) is 47.5. The van der Waals surface area contributed by atoms with Crippen molar-refractivity contribution in [3.05, 3.63) is 48.6 Å². The first kappa shape index (κ1) is 68.4. The average Bonchev–Trinajstić information content (AvgIpc) is 3.37. The van der Waals surface area contributed by atoms with Gasteiger partial charge in [-0.15, -0.1) is 0 Å². The van der Waals surface area contributed by atoms with E-state index in [0.717, 1.165) is 77.0 Å². The van der Waals surface area contributed by atoms with Gasteiger partial charge in [0.05, 0.1) is 0 Å². The van der Waals surface area contributed by atoms with Crippen LogP contribution in [0, 0.1) is 0 Å². The fourth-order valence-corrected chi connectivity index (χ4v) is 9.09. The van der Waals surface area contributed by atoms with Crippen LogP contribution in [0.3, 0.4) is 0 Å². The van der Waals surface area contributed by atoms with Crippen molar-refractivity contribution in [2.75, 3.05) is 13.2 Å². The van der Waals surface area contributed by atoms with Gasteiger partial charge in [-0.05, 0) is 83.5 Å². The predicted molar refractivity (Wildman–Crippen MR) is 307 cm³/mol. The van der Waals surface area contributed by atoms with Crippen LogP contribution in [0.5, 0.6) is 0 Å². The van der Waals surface area contributed by atoms with Gasteiger partial charge in [-0.2, -0.15) is 0 Å². The summed E-state index contributed by atoms with van der Waals surface area (Å²) in [5, 5.41) is 0. The molecule has 0 aliphatic rings. The van der Waals surface area contributed by atoms with Gasteiger partial charge >= 0.3 is 17.9 Å². The Morgan fingerprint density at radius 2 is 0.507 bits per heavy atom. The first-order valence-corrected chi connectivity index (χ1v) is 31.1. The molecule has 0 amide bonds. The minimum Gasteiger partial charge on any atom is -0.462 e. The molecule has 0 aromatic heterocycles. The van der Waals surface area contributed by atoms with E-state index in [1.165, 1.54) is 212 Å². The predicted octanol–water partition coefficient (Wildman–Crippen LogP) is 21.0. The highest BCUT2D eigenvalue weighted by Crippen LogP contribution is 2.16. The molecule has 0 aromatic carbocycles. The molecule has 1 atom stereocenters. The first-order valence-electron chi connectivity index (χ1n) is 31.1. The molecule has 0 aliphatic heterocycles. The van der Waals surface area contributed by atoms with Gasteiger partial charge in [0.15, 0.2) is 6.10 Å². The summed E-state index contributed by atoms with van der Waals surface area (Å²) in [6.45, 7) is 6.64. The lowest BCUT2D eigenvalue weighted by molar-refractivity contribution is -0.167. The summed E-state index contributed by atoms with van der Waals surface area (Å²) in [5.74, 6) is -0.866. The summed E-state index contributed by atoms with van der Waals surface area (Å²) >= 11 is 0. The number of rotatable bonds is 57. The molecule has 0 saturated carbocycles. The third-order valence-corrected chi connectivity index (χ3v) is 13.8. The number of carbonyl (C=O) groups is 3. The van der Waals surface area contributed by atoms with E-state index in [1.54, 1.807) is 0 Å². The van der Waals surface area contributed by atoms with Crippen LogP contribution in [-0.2, 0) is 28.6 Å². The van der Waals surface area contributed by atoms with Gasteiger partial charge in [0.1, 0.15) is 13.2 Å². The van der Waals surface area contributed by atoms with Gasteiger partial charge in [0, 0.05) is 19.3 Å². The Balaban J connectivity index is 4.29. The van der Waals surface area contributed by atoms with Crippen LogP contribution in [-0.4, -0.2) is 37.2 Å². The number of ether oxygens (including phenoxy) is 3. The molecule has 6 nitrogen and oxygen atoms in total. The highest BCUT2D eigenvalue weighted by Gasteiger charge is 2.19. The maximum Gasteiger partial charge on any atom is 0.306 e. The first-order chi connectivity index (χ1) is 35.0. The summed E-state index contributed by atoms with van der Waals surface area (Å²) in [5.41, 5.74) is 0. The van der Waals surface area contributed by atoms with E-state index in [0.29, 0.717) is 19.3 Å². The van der Waals surface area contributed by atoms with Crippen molar-refractivity contribution in [3.63, 3.8) is 0 Å². The van der Waals surface area contributed by atoms with Gasteiger partial charge in [0.25, 0.3) is 0 Å². The van der Waals surface area contributed by atoms with Crippen LogP contribution in [0.4, 0.5) is 0 Å². The maximum absolute atomic E-state index is 12.9. The molecule has 414 valence electrons. The molecular formula is C65H118O6. The van der Waals surface area contributed by atoms with E-state index in [2.05, 4.69) is 69.4 Å². The lowest BCUT2D eigenvalue weighted by atomic mass is 10.0. The number of allylic oxidation sites excluding steroid dienone is 8. The molecule has 1 unspecified atom stereocenters. The maximum atomic E-state index is 12.9. The van der Waals surface area contributed by atoms with E-state index in [4.69, 9.17) is 14.2 Å². The second-order valence-corrected chi connectivity index (χ2v) is 21.0. The molecule has 6 heteroatoms. The minimum atomic E-state index is -0.776. The number of hydrogen-bond acceptors (Lipinski definition) is 6. The Kier molecular flexibility index (Phi) is 57.7. The highest BCUT2D eigenvalue weighted by molar-refractivity contribution is 5.71. The van der Waals surface area contributed by atoms with E-state index < -0.39 is 6.10 Å². The summed E-state index contributed by atoms with van der Waals surface area (Å²) in [4.78, 5) is 38.2. The van der Waals surface area contributed by atoms with Crippen LogP contribution in [0.2, 0.25) is 0 Å². The molecule has 0 fully saturated rings. The Labute approximate surface area is 441 Å². The molecular weight excluding hydrogens is 877 g/mol. The van der Waals surface area contributed by atoms with Gasteiger partial charge in [-0.25, -0.2) is 0 Å². The third kappa shape index (κ3) is 58.1. The molecule has 0 rings (SSSR count). The Morgan fingerprint density at radius 1 is 0.282 bits per heavy atom. The molecule has 0 saturated heterocycles. The number of hydrogen-bond donors (Lipinski definition) is 0. The van der Waals surface area contributed by atoms with E-state index >= 15 is 0 Å². The molecule has 0 bridgehead atoms. The molecule has 0 N–H and O–H groups in total. The third-order valence-electron chi connectivity index (χ3n) is 13.8. The number of esters is 3. The Bertz CT molecular complexity index is 1230. The van der Waals surface area contributed by atoms with E-state index in [-0.39, 0.29) is 31.1 Å². The zero-order valence-corrected chi connectivity index (χ0v) is 47.5. The zero-order chi connectivity index (χ0) is 51.4. The van der Waals surface area contributed by atoms with Gasteiger partial charge in [-0.1, -0.05) is 275 Å². The second-order valence-electron chi connectivity index (χ2n) is 21.0. The summed E-state index contributed by atoms with van der Waals surface area (Å²) in [6.07, 6.45) is 73.9. The molecule has 0 heterocycles. The normalized spacial score (nSPS) is 12.3. The molecule has 71 heavy (non-hydrogen) atoms. The van der Waals surface area contributed by atoms with Crippen molar-refractivity contribution in [3.8, 4) is 0 Å². The van der Waals surface area contributed by atoms with Crippen molar-refractivity contribution in [2.45, 2.75) is 335 Å². The minimum absolute atomic E-state index is 0.0735. The SMILES string of the molecule is CCCCCC/C=C\C/C=C\CCCCCCCCCC(=O)OC(COC(=O)CCCCCCCCCCCCCC)COC(=O)CCCCCCCCCCCCC/C=C\C/C=C\CCCCCCC. The monoisotopic (exact) mass is 995 g/mol. The fourth-order valence-electron chi connectivity index (χ4n) is 9.09. The highest BCUT2D eigenvalue weighted by atomic mass is 16.6. The van der Waals surface area contributed by atoms with Crippen molar-refractivity contribution >= 4 is 17.9 Å². The fraction of sp³-hybridized carbons (Fsp3) is 0.831. The Morgan fingerprint density at radius 3 is 0.789 bits per heavy atom. The van der Waals surface area contributed by atoms with Crippen LogP contribution in [0.15, 0.2) is 48.6 Å². The van der Waals surface area contributed by atoms with Crippen LogP contribution < -0.4 is 0 Å². The van der Waals surface area contributed by atoms with Gasteiger partial charge in [-0.3, -0.25) is 14.4 Å². The topological polar surface area (TPSA) is 78.9 Å². The van der Waals surface area contributed by atoms with Crippen molar-refractivity contribution in [2.24, 2.45) is 0 Å². The van der Waals surface area contributed by atoms with Crippen LogP contribution >= 0.6 is 0 Å². The smallest absolute Gasteiger partial charge is 0.306 e. The van der Waals surface area contributed by atoms with Crippen LogP contribution in [0.25, 0.3) is 0 Å². The lowest BCUT2D eigenvalue weighted by Gasteiger charge is -2.18. The Hall–Kier alpha value is -2.63. The van der Waals surface area contributed by atoms with E-state index in [1.807, 2.05) is 0 Å². The van der Waals surface area contributed by atoms with Crippen molar-refractivity contribution < 1.29 is 28.6 Å². The van der Waals surface area contributed by atoms with Crippen molar-refractivity contribution in [1.29, 1.82) is 0 Å². The second kappa shape index (κ2) is 59.9. The number of carbonyl (C=O) groups excluding carboxylic acids is 3. The van der Waals surface area contributed by atoms with Crippen LogP contribution in [0.1, 0.15) is 329 Å². The quantitative estimate of drug-likeness (QED) is 0.0261. The number of unbranched alkanes of at least 4 members (excludes halogenated alkanes) is 38. The molecule has 0 radical (unpaired) electrons. The molecule has 0 spiro atoms. The van der Waals surface area contributed by atoms with Gasteiger partial charge < -0.3 is 14.2 Å². The van der Waals surface area contributed by atoms with Crippen molar-refractivity contribution in [1.82, 2.24) is 0 Å². The molecule has 0 aromatic rings.